The number of hydrogen-bond donors (Lipinski definition) is 3. The van der Waals surface area contributed by atoms with Gasteiger partial charge in [-0.15, -0.1) is 0 Å². The van der Waals surface area contributed by atoms with E-state index < -0.39 is 17.9 Å². The Morgan fingerprint density at radius 2 is 1.92 bits per heavy atom. The number of carboxylic acid groups (broad SMARTS) is 1. The van der Waals surface area contributed by atoms with Crippen molar-refractivity contribution in [2.45, 2.75) is 32.2 Å². The number of halogens is 1. The van der Waals surface area contributed by atoms with Crippen LogP contribution in [0.25, 0.3) is 0 Å². The highest BCUT2D eigenvalue weighted by atomic mass is 35.5. The molecule has 1 unspecified atom stereocenters. The Morgan fingerprint density at radius 1 is 1.24 bits per heavy atom. The van der Waals surface area contributed by atoms with Gasteiger partial charge in [-0.05, 0) is 43.0 Å². The molecule has 0 aliphatic heterocycles. The first-order valence-corrected chi connectivity index (χ1v) is 8.30. The van der Waals surface area contributed by atoms with Crippen molar-refractivity contribution in [1.82, 2.24) is 10.3 Å². The Labute approximate surface area is 149 Å². The number of carbonyl (C=O) groups excluding carboxylic acids is 2. The number of amides is 1. The molecule has 3 N–H and O–H groups in total. The van der Waals surface area contributed by atoms with Crippen LogP contribution in [0.2, 0.25) is 5.02 Å². The maximum Gasteiger partial charge on any atom is 0.330 e. The lowest BCUT2D eigenvalue weighted by atomic mass is 9.94. The van der Waals surface area contributed by atoms with Crippen molar-refractivity contribution < 1.29 is 19.5 Å². The SMILES string of the molecule is Cc1c(C(=O)NC(C(=O)O)c2ccc(Cl)cc2)[nH]c2c1C(=O)CCC2. The number of hydrogen-bond acceptors (Lipinski definition) is 3. The predicted molar refractivity (Wildman–Crippen MR) is 92.1 cm³/mol. The molecule has 0 bridgehead atoms. The van der Waals surface area contributed by atoms with Gasteiger partial charge >= 0.3 is 5.97 Å². The minimum Gasteiger partial charge on any atom is -0.479 e. The van der Waals surface area contributed by atoms with Crippen molar-refractivity contribution in [2.75, 3.05) is 0 Å². The summed E-state index contributed by atoms with van der Waals surface area (Å²) in [6.45, 7) is 1.70. The van der Waals surface area contributed by atoms with Crippen molar-refractivity contribution in [3.8, 4) is 0 Å². The van der Waals surface area contributed by atoms with E-state index in [0.717, 1.165) is 12.1 Å². The van der Waals surface area contributed by atoms with Crippen LogP contribution < -0.4 is 5.32 Å². The summed E-state index contributed by atoms with van der Waals surface area (Å²) in [5, 5.41) is 12.4. The maximum absolute atomic E-state index is 12.6. The summed E-state index contributed by atoms with van der Waals surface area (Å²) < 4.78 is 0. The number of fused-ring (bicyclic) bond motifs is 1. The average Bonchev–Trinajstić information content (AvgIpc) is 2.91. The molecule has 25 heavy (non-hydrogen) atoms. The second-order valence-electron chi connectivity index (χ2n) is 6.05. The average molecular weight is 361 g/mol. The first kappa shape index (κ1) is 17.2. The molecule has 1 aromatic heterocycles. The minimum absolute atomic E-state index is 0.0153. The van der Waals surface area contributed by atoms with Gasteiger partial charge in [-0.3, -0.25) is 9.59 Å². The lowest BCUT2D eigenvalue weighted by molar-refractivity contribution is -0.139. The van der Waals surface area contributed by atoms with Gasteiger partial charge in [0, 0.05) is 22.7 Å². The quantitative estimate of drug-likeness (QED) is 0.780. The number of Topliss-reactive ketones (excluding diaryl/α,β-unsaturated/α-hetero) is 1. The second-order valence-corrected chi connectivity index (χ2v) is 6.49. The molecule has 1 heterocycles. The van der Waals surface area contributed by atoms with Gasteiger partial charge in [0.25, 0.3) is 5.91 Å². The number of aromatic nitrogens is 1. The van der Waals surface area contributed by atoms with E-state index in [-0.39, 0.29) is 11.5 Å². The third-order valence-electron chi connectivity index (χ3n) is 4.39. The van der Waals surface area contributed by atoms with Crippen LogP contribution in [0.15, 0.2) is 24.3 Å². The van der Waals surface area contributed by atoms with Gasteiger partial charge < -0.3 is 15.4 Å². The number of carbonyl (C=O) groups is 3. The third-order valence-corrected chi connectivity index (χ3v) is 4.64. The Bertz CT molecular complexity index is 855. The van der Waals surface area contributed by atoms with Crippen molar-refractivity contribution in [2.24, 2.45) is 0 Å². The van der Waals surface area contributed by atoms with E-state index in [1.165, 1.54) is 0 Å². The number of benzene rings is 1. The number of nitrogens with one attached hydrogen (secondary N) is 2. The zero-order valence-corrected chi connectivity index (χ0v) is 14.3. The Balaban J connectivity index is 1.89. The topological polar surface area (TPSA) is 99.3 Å². The van der Waals surface area contributed by atoms with Crippen LogP contribution >= 0.6 is 11.6 Å². The minimum atomic E-state index is -1.21. The van der Waals surface area contributed by atoms with Crippen LogP contribution in [-0.2, 0) is 11.2 Å². The smallest absolute Gasteiger partial charge is 0.330 e. The predicted octanol–water partition coefficient (Wildman–Crippen LogP) is 3.05. The van der Waals surface area contributed by atoms with E-state index >= 15 is 0 Å². The highest BCUT2D eigenvalue weighted by Gasteiger charge is 2.29. The zero-order chi connectivity index (χ0) is 18.1. The van der Waals surface area contributed by atoms with E-state index in [1.54, 1.807) is 31.2 Å². The number of ketones is 1. The molecule has 2 aromatic rings. The normalized spacial score (nSPS) is 14.7. The molecule has 0 fully saturated rings. The van der Waals surface area contributed by atoms with Crippen molar-refractivity contribution in [3.63, 3.8) is 0 Å². The van der Waals surface area contributed by atoms with Gasteiger partial charge in [0.2, 0.25) is 0 Å². The summed E-state index contributed by atoms with van der Waals surface area (Å²) in [7, 11) is 0. The highest BCUT2D eigenvalue weighted by molar-refractivity contribution is 6.30. The van der Waals surface area contributed by atoms with Gasteiger partial charge in [-0.25, -0.2) is 4.79 Å². The molecule has 1 aromatic carbocycles. The van der Waals surface area contributed by atoms with Crippen LogP contribution in [0.3, 0.4) is 0 Å². The van der Waals surface area contributed by atoms with E-state index in [0.29, 0.717) is 34.6 Å². The number of aryl methyl sites for hydroxylation is 1. The third kappa shape index (κ3) is 3.30. The lowest BCUT2D eigenvalue weighted by Crippen LogP contribution is -2.34. The van der Waals surface area contributed by atoms with E-state index in [4.69, 9.17) is 11.6 Å². The molecule has 6 nitrogen and oxygen atoms in total. The first-order valence-electron chi connectivity index (χ1n) is 7.92. The van der Waals surface area contributed by atoms with Gasteiger partial charge in [0.05, 0.1) is 0 Å². The number of H-pyrrole nitrogens is 1. The maximum atomic E-state index is 12.6. The molecular weight excluding hydrogens is 344 g/mol. The van der Waals surface area contributed by atoms with E-state index in [9.17, 15) is 19.5 Å². The molecule has 0 saturated carbocycles. The molecule has 0 saturated heterocycles. The second kappa shape index (κ2) is 6.72. The molecule has 1 atom stereocenters. The molecule has 130 valence electrons. The number of rotatable bonds is 4. The van der Waals surface area contributed by atoms with Gasteiger partial charge in [0.1, 0.15) is 5.69 Å². The van der Waals surface area contributed by atoms with Crippen LogP contribution in [0, 0.1) is 6.92 Å². The van der Waals surface area contributed by atoms with Crippen LogP contribution in [0.5, 0.6) is 0 Å². The summed E-state index contributed by atoms with van der Waals surface area (Å²) in [6, 6.07) is 5.03. The molecule has 0 spiro atoms. The Hall–Kier alpha value is -2.60. The standard InChI is InChI=1S/C18H17ClN2O4/c1-9-14-12(3-2-4-13(14)22)20-15(9)17(23)21-16(18(24)25)10-5-7-11(19)8-6-10/h5-8,16,20H,2-4H2,1H3,(H,21,23)(H,24,25). The highest BCUT2D eigenvalue weighted by Crippen LogP contribution is 2.27. The van der Waals surface area contributed by atoms with E-state index in [1.807, 2.05) is 0 Å². The summed E-state index contributed by atoms with van der Waals surface area (Å²) >= 11 is 5.82. The number of aliphatic carboxylic acids is 1. The molecule has 0 radical (unpaired) electrons. The largest absolute Gasteiger partial charge is 0.479 e. The van der Waals surface area contributed by atoms with Crippen molar-refractivity contribution in [3.05, 3.63) is 57.4 Å². The summed E-state index contributed by atoms with van der Waals surface area (Å²) in [6.07, 6.45) is 1.92. The van der Waals surface area contributed by atoms with E-state index in [2.05, 4.69) is 10.3 Å². The zero-order valence-electron chi connectivity index (χ0n) is 13.6. The van der Waals surface area contributed by atoms with Gasteiger partial charge in [0.15, 0.2) is 11.8 Å². The Morgan fingerprint density at radius 3 is 2.52 bits per heavy atom. The van der Waals surface area contributed by atoms with Crippen molar-refractivity contribution in [1.29, 1.82) is 0 Å². The van der Waals surface area contributed by atoms with Gasteiger partial charge in [-0.2, -0.15) is 0 Å². The molecule has 1 aliphatic carbocycles. The Kier molecular flexibility index (Phi) is 4.63. The molecule has 1 aliphatic rings. The first-order chi connectivity index (χ1) is 11.9. The molecule has 7 heteroatoms. The fourth-order valence-electron chi connectivity index (χ4n) is 3.15. The summed E-state index contributed by atoms with van der Waals surface area (Å²) in [5.41, 5.74) is 2.53. The summed E-state index contributed by atoms with van der Waals surface area (Å²) in [4.78, 5) is 39.2. The van der Waals surface area contributed by atoms with Crippen LogP contribution in [0.1, 0.15) is 56.6 Å². The molecular formula is C18H17ClN2O4. The van der Waals surface area contributed by atoms with Crippen LogP contribution in [-0.4, -0.2) is 27.8 Å². The van der Waals surface area contributed by atoms with Gasteiger partial charge in [-0.1, -0.05) is 23.7 Å². The monoisotopic (exact) mass is 360 g/mol. The fourth-order valence-corrected chi connectivity index (χ4v) is 3.27. The molecule has 1 amide bonds. The number of carboxylic acids is 1. The van der Waals surface area contributed by atoms with Crippen LogP contribution in [0.4, 0.5) is 0 Å². The number of aromatic amines is 1. The van der Waals surface area contributed by atoms with Crippen molar-refractivity contribution >= 4 is 29.3 Å². The fraction of sp³-hybridized carbons (Fsp3) is 0.278. The summed E-state index contributed by atoms with van der Waals surface area (Å²) in [5.74, 6) is -1.72. The molecule has 3 rings (SSSR count). The lowest BCUT2D eigenvalue weighted by Gasteiger charge is -2.15.